The van der Waals surface area contributed by atoms with Gasteiger partial charge in [-0.15, -0.1) is 11.3 Å². The van der Waals surface area contributed by atoms with Gasteiger partial charge in [-0.25, -0.2) is 4.98 Å². The normalized spacial score (nSPS) is 14.6. The molecule has 156 valence electrons. The molecule has 0 N–H and O–H groups in total. The number of oxazole rings is 1. The van der Waals surface area contributed by atoms with E-state index in [1.807, 2.05) is 24.3 Å². The van der Waals surface area contributed by atoms with Crippen molar-refractivity contribution in [1.29, 1.82) is 5.26 Å². The SMILES string of the molecule is N#Cc1nc(-c2ccco2)oc1N1CCN(Cc2csc(-c3ccccc3Cl)n2)CC1. The maximum atomic E-state index is 9.47. The fraction of sp³-hybridized carbons (Fsp3) is 0.227. The number of nitriles is 1. The summed E-state index contributed by atoms with van der Waals surface area (Å²) in [6, 6.07) is 13.4. The molecule has 0 bridgehead atoms. The Bertz CT molecular complexity index is 1220. The largest absolute Gasteiger partial charge is 0.459 e. The van der Waals surface area contributed by atoms with E-state index in [0.29, 0.717) is 22.6 Å². The molecule has 4 aromatic rings. The van der Waals surface area contributed by atoms with Crippen LogP contribution in [0.25, 0.3) is 22.2 Å². The minimum atomic E-state index is 0.281. The third-order valence-corrected chi connectivity index (χ3v) is 6.40. The van der Waals surface area contributed by atoms with Gasteiger partial charge in [-0.3, -0.25) is 4.90 Å². The molecular formula is C22H18ClN5O2S. The third-order valence-electron chi connectivity index (χ3n) is 5.15. The quantitative estimate of drug-likeness (QED) is 0.426. The molecule has 1 aliphatic rings. The number of hydrogen-bond acceptors (Lipinski definition) is 8. The van der Waals surface area contributed by atoms with Crippen LogP contribution in [0.1, 0.15) is 11.4 Å². The second-order valence-electron chi connectivity index (χ2n) is 7.15. The molecular weight excluding hydrogens is 434 g/mol. The van der Waals surface area contributed by atoms with Crippen molar-refractivity contribution in [3.8, 4) is 28.3 Å². The minimum absolute atomic E-state index is 0.281. The highest BCUT2D eigenvalue weighted by atomic mass is 35.5. The number of aromatic nitrogens is 2. The van der Waals surface area contributed by atoms with Crippen molar-refractivity contribution in [1.82, 2.24) is 14.9 Å². The van der Waals surface area contributed by atoms with Crippen LogP contribution in [0.15, 0.2) is 56.9 Å². The minimum Gasteiger partial charge on any atom is -0.459 e. The van der Waals surface area contributed by atoms with Crippen molar-refractivity contribution in [2.75, 3.05) is 31.1 Å². The zero-order valence-electron chi connectivity index (χ0n) is 16.5. The lowest BCUT2D eigenvalue weighted by molar-refractivity contribution is 0.244. The Morgan fingerprint density at radius 3 is 2.68 bits per heavy atom. The van der Waals surface area contributed by atoms with E-state index in [2.05, 4.69) is 26.2 Å². The number of piperazine rings is 1. The molecule has 7 nitrogen and oxygen atoms in total. The van der Waals surface area contributed by atoms with Gasteiger partial charge in [-0.05, 0) is 18.2 Å². The first-order valence-corrected chi connectivity index (χ1v) is 11.1. The van der Waals surface area contributed by atoms with E-state index < -0.39 is 0 Å². The van der Waals surface area contributed by atoms with Gasteiger partial charge in [0.05, 0.1) is 17.0 Å². The summed E-state index contributed by atoms with van der Waals surface area (Å²) in [5.41, 5.74) is 2.28. The average Bonchev–Trinajstić information content (AvgIpc) is 3.55. The number of benzene rings is 1. The van der Waals surface area contributed by atoms with Crippen LogP contribution in [0.2, 0.25) is 5.02 Å². The van der Waals surface area contributed by atoms with Gasteiger partial charge in [0.25, 0.3) is 5.89 Å². The lowest BCUT2D eigenvalue weighted by Crippen LogP contribution is -2.46. The zero-order valence-corrected chi connectivity index (χ0v) is 18.1. The number of nitrogens with zero attached hydrogens (tertiary/aromatic N) is 5. The highest BCUT2D eigenvalue weighted by Crippen LogP contribution is 2.31. The number of thiazole rings is 1. The molecule has 9 heteroatoms. The van der Waals surface area contributed by atoms with Gasteiger partial charge in [0, 0.05) is 43.7 Å². The van der Waals surface area contributed by atoms with Gasteiger partial charge in [0.15, 0.2) is 5.76 Å². The molecule has 0 aliphatic carbocycles. The molecule has 0 spiro atoms. The highest BCUT2D eigenvalue weighted by Gasteiger charge is 2.25. The summed E-state index contributed by atoms with van der Waals surface area (Å²) in [6.07, 6.45) is 1.56. The fourth-order valence-corrected chi connectivity index (χ4v) is 4.71. The summed E-state index contributed by atoms with van der Waals surface area (Å²) < 4.78 is 11.2. The van der Waals surface area contributed by atoms with Crippen molar-refractivity contribution in [2.45, 2.75) is 6.54 Å². The van der Waals surface area contributed by atoms with Gasteiger partial charge < -0.3 is 13.7 Å². The first-order valence-electron chi connectivity index (χ1n) is 9.82. The predicted molar refractivity (Wildman–Crippen MR) is 119 cm³/mol. The molecule has 4 heterocycles. The summed E-state index contributed by atoms with van der Waals surface area (Å²) in [7, 11) is 0. The maximum Gasteiger partial charge on any atom is 0.266 e. The van der Waals surface area contributed by atoms with Crippen molar-refractivity contribution in [3.63, 3.8) is 0 Å². The van der Waals surface area contributed by atoms with E-state index in [1.165, 1.54) is 0 Å². The molecule has 5 rings (SSSR count). The summed E-state index contributed by atoms with van der Waals surface area (Å²) in [5.74, 6) is 1.34. The van der Waals surface area contributed by atoms with Gasteiger partial charge in [-0.2, -0.15) is 10.2 Å². The van der Waals surface area contributed by atoms with Crippen LogP contribution in [-0.4, -0.2) is 41.0 Å². The lowest BCUT2D eigenvalue weighted by atomic mass is 10.2. The van der Waals surface area contributed by atoms with Crippen LogP contribution in [-0.2, 0) is 6.54 Å². The predicted octanol–water partition coefficient (Wildman–Crippen LogP) is 4.91. The fourth-order valence-electron chi connectivity index (χ4n) is 3.58. The number of hydrogen-bond donors (Lipinski definition) is 0. The Kier molecular flexibility index (Phi) is 5.47. The lowest BCUT2D eigenvalue weighted by Gasteiger charge is -2.34. The number of halogens is 1. The molecule has 0 unspecified atom stereocenters. The molecule has 0 saturated carbocycles. The number of furan rings is 1. The van der Waals surface area contributed by atoms with Crippen LogP contribution in [0.4, 0.5) is 5.88 Å². The Balaban J connectivity index is 1.24. The van der Waals surface area contributed by atoms with Gasteiger partial charge in [0.2, 0.25) is 11.6 Å². The van der Waals surface area contributed by atoms with Crippen LogP contribution >= 0.6 is 22.9 Å². The van der Waals surface area contributed by atoms with E-state index in [0.717, 1.165) is 49.0 Å². The smallest absolute Gasteiger partial charge is 0.266 e. The Morgan fingerprint density at radius 1 is 1.10 bits per heavy atom. The molecule has 0 radical (unpaired) electrons. The molecule has 3 aromatic heterocycles. The van der Waals surface area contributed by atoms with Crippen LogP contribution in [0.5, 0.6) is 0 Å². The molecule has 1 fully saturated rings. The monoisotopic (exact) mass is 451 g/mol. The summed E-state index contributed by atoms with van der Waals surface area (Å²) in [5, 5.41) is 13.2. The number of anilines is 1. The van der Waals surface area contributed by atoms with Gasteiger partial charge in [-0.1, -0.05) is 29.8 Å². The Hall–Kier alpha value is -3.12. The molecule has 1 aromatic carbocycles. The summed E-state index contributed by atoms with van der Waals surface area (Å²) in [4.78, 5) is 13.4. The first kappa shape index (κ1) is 19.8. The van der Waals surface area contributed by atoms with Crippen molar-refractivity contribution < 1.29 is 8.83 Å². The standard InChI is InChI=1S/C22H18ClN5O2S/c23-17-5-2-1-4-16(17)21-25-15(14-31-21)13-27-7-9-28(10-8-27)22-18(12-24)26-20(30-22)19-6-3-11-29-19/h1-6,11,14H,7-10,13H2. The zero-order chi connectivity index (χ0) is 21.2. The summed E-state index contributed by atoms with van der Waals surface area (Å²) >= 11 is 7.91. The van der Waals surface area contributed by atoms with Crippen molar-refractivity contribution >= 4 is 28.8 Å². The molecule has 0 amide bonds. The van der Waals surface area contributed by atoms with E-state index in [4.69, 9.17) is 25.4 Å². The highest BCUT2D eigenvalue weighted by molar-refractivity contribution is 7.13. The first-order chi connectivity index (χ1) is 15.2. The third kappa shape index (κ3) is 4.08. The van der Waals surface area contributed by atoms with Crippen molar-refractivity contribution in [2.24, 2.45) is 0 Å². The van der Waals surface area contributed by atoms with Gasteiger partial charge >= 0.3 is 0 Å². The van der Waals surface area contributed by atoms with Crippen LogP contribution < -0.4 is 4.90 Å². The van der Waals surface area contributed by atoms with E-state index in [1.54, 1.807) is 29.7 Å². The maximum absolute atomic E-state index is 9.47. The van der Waals surface area contributed by atoms with E-state index >= 15 is 0 Å². The summed E-state index contributed by atoms with van der Waals surface area (Å²) in [6.45, 7) is 3.92. The molecule has 1 aliphatic heterocycles. The molecule has 1 saturated heterocycles. The second-order valence-corrected chi connectivity index (χ2v) is 8.41. The van der Waals surface area contributed by atoms with Crippen LogP contribution in [0.3, 0.4) is 0 Å². The topological polar surface area (TPSA) is 82.3 Å². The Morgan fingerprint density at radius 2 is 1.94 bits per heavy atom. The van der Waals surface area contributed by atoms with E-state index in [-0.39, 0.29) is 5.69 Å². The van der Waals surface area contributed by atoms with Crippen molar-refractivity contribution in [3.05, 3.63) is 64.5 Å². The second kappa shape index (κ2) is 8.55. The van der Waals surface area contributed by atoms with Crippen LogP contribution in [0, 0.1) is 11.3 Å². The molecule has 0 atom stereocenters. The van der Waals surface area contributed by atoms with Gasteiger partial charge in [0.1, 0.15) is 11.1 Å². The average molecular weight is 452 g/mol. The number of rotatable bonds is 5. The van der Waals surface area contributed by atoms with E-state index in [9.17, 15) is 5.26 Å². The molecule has 31 heavy (non-hydrogen) atoms. The Labute approximate surface area is 188 Å².